The van der Waals surface area contributed by atoms with Gasteiger partial charge in [-0.25, -0.2) is 23.2 Å². The first-order valence-electron chi connectivity index (χ1n) is 12.7. The molecule has 10 heteroatoms. The van der Waals surface area contributed by atoms with Gasteiger partial charge < -0.3 is 19.7 Å². The van der Waals surface area contributed by atoms with E-state index < -0.39 is 9.84 Å². The van der Waals surface area contributed by atoms with Gasteiger partial charge in [0.2, 0.25) is 5.88 Å². The van der Waals surface area contributed by atoms with Gasteiger partial charge in [0, 0.05) is 30.6 Å². The van der Waals surface area contributed by atoms with Crippen LogP contribution in [0.3, 0.4) is 0 Å². The van der Waals surface area contributed by atoms with E-state index in [0.717, 1.165) is 55.3 Å². The van der Waals surface area contributed by atoms with Gasteiger partial charge in [-0.2, -0.15) is 0 Å². The third-order valence-corrected chi connectivity index (χ3v) is 9.56. The first-order chi connectivity index (χ1) is 17.1. The second kappa shape index (κ2) is 9.53. The zero-order valence-corrected chi connectivity index (χ0v) is 22.0. The highest BCUT2D eigenvalue weighted by Gasteiger charge is 2.45. The van der Waals surface area contributed by atoms with E-state index in [1.807, 2.05) is 32.6 Å². The molecule has 2 saturated heterocycles. The summed E-state index contributed by atoms with van der Waals surface area (Å²) >= 11 is 0. The summed E-state index contributed by atoms with van der Waals surface area (Å²) in [7, 11) is -3.23. The van der Waals surface area contributed by atoms with Gasteiger partial charge in [-0.15, -0.1) is 0 Å². The first kappa shape index (κ1) is 24.8. The maximum absolute atomic E-state index is 12.6. The molecule has 3 fully saturated rings. The summed E-state index contributed by atoms with van der Waals surface area (Å²) < 4.78 is 36.9. The van der Waals surface area contributed by atoms with E-state index in [9.17, 15) is 13.2 Å². The highest BCUT2D eigenvalue weighted by molar-refractivity contribution is 7.92. The van der Waals surface area contributed by atoms with E-state index in [0.29, 0.717) is 16.6 Å². The number of piperidine rings is 1. The number of fused-ring (bicyclic) bond motifs is 2. The normalized spacial score (nSPS) is 23.6. The van der Waals surface area contributed by atoms with Crippen LogP contribution in [0.25, 0.3) is 0 Å². The van der Waals surface area contributed by atoms with Crippen LogP contribution in [0.5, 0.6) is 5.88 Å². The Hall–Kier alpha value is -2.88. The highest BCUT2D eigenvalue weighted by Crippen LogP contribution is 2.39. The molecule has 9 nitrogen and oxygen atoms in total. The molecule has 1 aromatic heterocycles. The summed E-state index contributed by atoms with van der Waals surface area (Å²) in [4.78, 5) is 23.6. The third kappa shape index (κ3) is 4.87. The van der Waals surface area contributed by atoms with Gasteiger partial charge in [0.15, 0.2) is 9.84 Å². The fraction of sp³-hybridized carbons (Fsp3) is 0.577. The van der Waals surface area contributed by atoms with Crippen molar-refractivity contribution in [3.05, 3.63) is 35.7 Å². The monoisotopic (exact) mass is 514 g/mol. The summed E-state index contributed by atoms with van der Waals surface area (Å²) in [6.45, 7) is 7.52. The number of benzene rings is 1. The molecule has 3 atom stereocenters. The molecule has 1 aromatic carbocycles. The van der Waals surface area contributed by atoms with Gasteiger partial charge in [0.1, 0.15) is 18.2 Å². The largest absolute Gasteiger partial charge is 0.474 e. The second-order valence-corrected chi connectivity index (χ2v) is 12.7. The van der Waals surface area contributed by atoms with Crippen molar-refractivity contribution in [3.63, 3.8) is 0 Å². The molecular formula is C26H34N4O5S. The molecule has 0 radical (unpaired) electrons. The maximum Gasteiger partial charge on any atom is 0.410 e. The van der Waals surface area contributed by atoms with Gasteiger partial charge in [0.25, 0.3) is 0 Å². The third-order valence-electron chi connectivity index (χ3n) is 7.30. The predicted molar refractivity (Wildman–Crippen MR) is 135 cm³/mol. The number of hydrogen-bond acceptors (Lipinski definition) is 8. The van der Waals surface area contributed by atoms with Crippen LogP contribution in [0, 0.1) is 13.8 Å². The van der Waals surface area contributed by atoms with Crippen molar-refractivity contribution in [1.29, 1.82) is 0 Å². The lowest BCUT2D eigenvalue weighted by atomic mass is 10.0. The molecule has 0 spiro atoms. The van der Waals surface area contributed by atoms with Crippen LogP contribution < -0.4 is 10.1 Å². The number of carbonyl (C=O) groups excluding carboxylic acids is 1. The van der Waals surface area contributed by atoms with Crippen molar-refractivity contribution in [3.8, 4) is 5.88 Å². The summed E-state index contributed by atoms with van der Waals surface area (Å²) in [5.41, 5.74) is 2.39. The van der Waals surface area contributed by atoms with Crippen LogP contribution >= 0.6 is 0 Å². The molecule has 1 N–H and O–H groups in total. The van der Waals surface area contributed by atoms with E-state index in [-0.39, 0.29) is 35.6 Å². The number of rotatable bonds is 7. The molecule has 1 aliphatic carbocycles. The average molecular weight is 515 g/mol. The van der Waals surface area contributed by atoms with Crippen LogP contribution in [-0.4, -0.2) is 58.9 Å². The minimum Gasteiger partial charge on any atom is -0.474 e. The van der Waals surface area contributed by atoms with Crippen molar-refractivity contribution in [2.24, 2.45) is 0 Å². The molecule has 2 aliphatic heterocycles. The number of sulfone groups is 1. The number of aryl methyl sites for hydroxylation is 1. The molecule has 3 heterocycles. The standard InChI is InChI=1S/C26H34N4O5S/c1-15(2)34-26(31)30-18-5-6-19(30)13-20(12-18)35-25-17(4)24(27-14-28-25)29-23-10-9-22(11-16(23)3)36(32,33)21-7-8-21/h9-11,14-15,18-21H,5-8,12-13H2,1-4H3,(H,27,28,29)/t18-,19?,20+/m0/s1. The van der Waals surface area contributed by atoms with Gasteiger partial charge >= 0.3 is 6.09 Å². The van der Waals surface area contributed by atoms with Crippen LogP contribution in [0.15, 0.2) is 29.4 Å². The zero-order valence-electron chi connectivity index (χ0n) is 21.2. The van der Waals surface area contributed by atoms with Crippen molar-refractivity contribution in [1.82, 2.24) is 14.9 Å². The van der Waals surface area contributed by atoms with Crippen LogP contribution in [0.4, 0.5) is 16.3 Å². The molecule has 1 unspecified atom stereocenters. The van der Waals surface area contributed by atoms with Gasteiger partial charge in [0.05, 0.1) is 21.8 Å². The quantitative estimate of drug-likeness (QED) is 0.566. The number of nitrogens with one attached hydrogen (secondary N) is 1. The lowest BCUT2D eigenvalue weighted by Gasteiger charge is -2.38. The number of hydrogen-bond donors (Lipinski definition) is 1. The van der Waals surface area contributed by atoms with Crippen molar-refractivity contribution in [2.45, 2.75) is 101 Å². The lowest BCUT2D eigenvalue weighted by molar-refractivity contribution is 0.0207. The number of anilines is 2. The molecule has 2 aromatic rings. The topological polar surface area (TPSA) is 111 Å². The van der Waals surface area contributed by atoms with Crippen LogP contribution in [0.1, 0.15) is 63.5 Å². The smallest absolute Gasteiger partial charge is 0.410 e. The predicted octanol–water partition coefficient (Wildman–Crippen LogP) is 4.69. The minimum absolute atomic E-state index is 0.0410. The number of nitrogens with zero attached hydrogens (tertiary/aromatic N) is 3. The summed E-state index contributed by atoms with van der Waals surface area (Å²) in [5.74, 6) is 1.13. The lowest BCUT2D eigenvalue weighted by Crippen LogP contribution is -2.50. The van der Waals surface area contributed by atoms with E-state index in [2.05, 4.69) is 15.3 Å². The Morgan fingerprint density at radius 3 is 2.39 bits per heavy atom. The van der Waals surface area contributed by atoms with Gasteiger partial charge in [-0.3, -0.25) is 0 Å². The molecule has 194 valence electrons. The molecule has 1 saturated carbocycles. The van der Waals surface area contributed by atoms with Crippen molar-refractivity contribution in [2.75, 3.05) is 5.32 Å². The number of ether oxygens (including phenoxy) is 2. The second-order valence-electron chi connectivity index (χ2n) is 10.4. The fourth-order valence-electron chi connectivity index (χ4n) is 5.27. The molecule has 3 aliphatic rings. The SMILES string of the molecule is Cc1cc(S(=O)(=O)C2CC2)ccc1Nc1ncnc(O[C@H]2CC3CC[C@@H](C2)N3C(=O)OC(C)C)c1C. The zero-order chi connectivity index (χ0) is 25.6. The minimum atomic E-state index is -3.23. The Kier molecular flexibility index (Phi) is 6.57. The van der Waals surface area contributed by atoms with E-state index in [1.165, 1.54) is 6.33 Å². The van der Waals surface area contributed by atoms with Gasteiger partial charge in [-0.1, -0.05) is 0 Å². The number of amides is 1. The number of carbonyl (C=O) groups is 1. The molecule has 1 amide bonds. The van der Waals surface area contributed by atoms with Crippen molar-refractivity contribution < 1.29 is 22.7 Å². The van der Waals surface area contributed by atoms with E-state index in [4.69, 9.17) is 9.47 Å². The van der Waals surface area contributed by atoms with Gasteiger partial charge in [-0.05, 0) is 77.1 Å². The molecule has 36 heavy (non-hydrogen) atoms. The summed E-state index contributed by atoms with van der Waals surface area (Å²) in [6.07, 6.45) is 5.95. The van der Waals surface area contributed by atoms with Crippen molar-refractivity contribution >= 4 is 27.4 Å². The Morgan fingerprint density at radius 2 is 1.78 bits per heavy atom. The molecule has 2 bridgehead atoms. The van der Waals surface area contributed by atoms with Crippen LogP contribution in [-0.2, 0) is 14.6 Å². The summed E-state index contributed by atoms with van der Waals surface area (Å²) in [5, 5.41) is 3.08. The molecular weight excluding hydrogens is 480 g/mol. The van der Waals surface area contributed by atoms with E-state index in [1.54, 1.807) is 18.2 Å². The first-order valence-corrected chi connectivity index (χ1v) is 14.3. The number of aromatic nitrogens is 2. The Bertz CT molecular complexity index is 1250. The fourth-order valence-corrected chi connectivity index (χ4v) is 7.01. The Labute approximate surface area is 212 Å². The summed E-state index contributed by atoms with van der Waals surface area (Å²) in [6, 6.07) is 5.40. The van der Waals surface area contributed by atoms with Crippen LogP contribution in [0.2, 0.25) is 0 Å². The maximum atomic E-state index is 12.6. The Morgan fingerprint density at radius 1 is 1.08 bits per heavy atom. The Balaban J connectivity index is 1.27. The van der Waals surface area contributed by atoms with E-state index >= 15 is 0 Å². The average Bonchev–Trinajstić information content (AvgIpc) is 3.63. The highest BCUT2D eigenvalue weighted by atomic mass is 32.2. The molecule has 5 rings (SSSR count).